The Balaban J connectivity index is 1.91. The van der Waals surface area contributed by atoms with Crippen LogP contribution in [0.2, 0.25) is 0 Å². The van der Waals surface area contributed by atoms with Crippen molar-refractivity contribution in [1.29, 1.82) is 0 Å². The highest BCUT2D eigenvalue weighted by Crippen LogP contribution is 2.29. The maximum Gasteiger partial charge on any atom is 0.319 e. The van der Waals surface area contributed by atoms with E-state index in [0.717, 1.165) is 11.1 Å². The Kier molecular flexibility index (Phi) is 5.82. The standard InChI is InChI=1S/C17H20N2O4/c1-22-15-8-7-14(9-16(15)23-2)19-17(21)18-10-12-3-5-13(11-20)6-4-12/h3-9,20H,10-11H2,1-2H3,(H2,18,19,21). The molecular weight excluding hydrogens is 296 g/mol. The van der Waals surface area contributed by atoms with Gasteiger partial charge in [-0.25, -0.2) is 4.79 Å². The molecule has 0 saturated heterocycles. The molecule has 0 aliphatic carbocycles. The van der Waals surface area contributed by atoms with Crippen LogP contribution < -0.4 is 20.1 Å². The second-order valence-corrected chi connectivity index (χ2v) is 4.85. The second kappa shape index (κ2) is 8.05. The van der Waals surface area contributed by atoms with Crippen LogP contribution in [-0.2, 0) is 13.2 Å². The number of urea groups is 1. The highest BCUT2D eigenvalue weighted by molar-refractivity contribution is 5.89. The Morgan fingerprint density at radius 3 is 2.26 bits per heavy atom. The van der Waals surface area contributed by atoms with Gasteiger partial charge < -0.3 is 25.2 Å². The minimum Gasteiger partial charge on any atom is -0.493 e. The summed E-state index contributed by atoms with van der Waals surface area (Å²) in [5.41, 5.74) is 2.39. The van der Waals surface area contributed by atoms with Crippen molar-refractivity contribution in [3.8, 4) is 11.5 Å². The molecular formula is C17H20N2O4. The van der Waals surface area contributed by atoms with Gasteiger partial charge in [-0.2, -0.15) is 0 Å². The summed E-state index contributed by atoms with van der Waals surface area (Å²) >= 11 is 0. The van der Waals surface area contributed by atoms with Gasteiger partial charge in [-0.05, 0) is 23.3 Å². The molecule has 23 heavy (non-hydrogen) atoms. The lowest BCUT2D eigenvalue weighted by Gasteiger charge is -2.11. The summed E-state index contributed by atoms with van der Waals surface area (Å²) in [6.07, 6.45) is 0. The fourth-order valence-electron chi connectivity index (χ4n) is 2.03. The predicted molar refractivity (Wildman–Crippen MR) is 87.8 cm³/mol. The van der Waals surface area contributed by atoms with Crippen LogP contribution in [-0.4, -0.2) is 25.4 Å². The third kappa shape index (κ3) is 4.62. The molecule has 0 spiro atoms. The summed E-state index contributed by atoms with van der Waals surface area (Å²) < 4.78 is 10.3. The zero-order valence-electron chi connectivity index (χ0n) is 13.1. The molecule has 2 aromatic carbocycles. The fraction of sp³-hybridized carbons (Fsp3) is 0.235. The van der Waals surface area contributed by atoms with Gasteiger partial charge in [0.1, 0.15) is 0 Å². The third-order valence-electron chi connectivity index (χ3n) is 3.30. The number of hydrogen-bond acceptors (Lipinski definition) is 4. The Hall–Kier alpha value is -2.73. The Morgan fingerprint density at radius 2 is 1.65 bits per heavy atom. The normalized spacial score (nSPS) is 10.0. The summed E-state index contributed by atoms with van der Waals surface area (Å²) in [4.78, 5) is 11.9. The van der Waals surface area contributed by atoms with Crippen LogP contribution in [0.15, 0.2) is 42.5 Å². The third-order valence-corrected chi connectivity index (χ3v) is 3.30. The van der Waals surface area contributed by atoms with Crippen LogP contribution in [0.3, 0.4) is 0 Å². The molecule has 0 saturated carbocycles. The molecule has 2 aromatic rings. The number of carbonyl (C=O) groups excluding carboxylic acids is 1. The number of amides is 2. The van der Waals surface area contributed by atoms with Gasteiger partial charge in [0.2, 0.25) is 0 Å². The molecule has 0 radical (unpaired) electrons. The second-order valence-electron chi connectivity index (χ2n) is 4.85. The molecule has 122 valence electrons. The molecule has 0 unspecified atom stereocenters. The van der Waals surface area contributed by atoms with Crippen molar-refractivity contribution in [2.24, 2.45) is 0 Å². The zero-order valence-corrected chi connectivity index (χ0v) is 13.1. The van der Waals surface area contributed by atoms with E-state index < -0.39 is 0 Å². The first-order valence-corrected chi connectivity index (χ1v) is 7.12. The van der Waals surface area contributed by atoms with Crippen molar-refractivity contribution in [1.82, 2.24) is 5.32 Å². The van der Waals surface area contributed by atoms with Crippen LogP contribution in [0.4, 0.5) is 10.5 Å². The summed E-state index contributed by atoms with van der Waals surface area (Å²) in [6.45, 7) is 0.401. The number of benzene rings is 2. The van der Waals surface area contributed by atoms with Crippen LogP contribution >= 0.6 is 0 Å². The number of rotatable bonds is 6. The predicted octanol–water partition coefficient (Wildman–Crippen LogP) is 2.52. The van der Waals surface area contributed by atoms with E-state index in [1.54, 1.807) is 25.3 Å². The van der Waals surface area contributed by atoms with Gasteiger partial charge in [-0.3, -0.25) is 0 Å². The average molecular weight is 316 g/mol. The van der Waals surface area contributed by atoms with Gasteiger partial charge in [0.15, 0.2) is 11.5 Å². The van der Waals surface area contributed by atoms with Crippen LogP contribution in [0, 0.1) is 0 Å². The van der Waals surface area contributed by atoms with Gasteiger partial charge in [-0.15, -0.1) is 0 Å². The summed E-state index contributed by atoms with van der Waals surface area (Å²) in [7, 11) is 3.09. The topological polar surface area (TPSA) is 79.8 Å². The average Bonchev–Trinajstić information content (AvgIpc) is 2.60. The van der Waals surface area contributed by atoms with Crippen LogP contribution in [0.5, 0.6) is 11.5 Å². The maximum atomic E-state index is 11.9. The summed E-state index contributed by atoms with van der Waals surface area (Å²) in [5, 5.41) is 14.5. The first kappa shape index (κ1) is 16.6. The van der Waals surface area contributed by atoms with Crippen molar-refractivity contribution >= 4 is 11.7 Å². The van der Waals surface area contributed by atoms with E-state index in [2.05, 4.69) is 10.6 Å². The van der Waals surface area contributed by atoms with Crippen LogP contribution in [0.1, 0.15) is 11.1 Å². The van der Waals surface area contributed by atoms with Crippen molar-refractivity contribution < 1.29 is 19.4 Å². The summed E-state index contributed by atoms with van der Waals surface area (Å²) in [6, 6.07) is 12.2. The van der Waals surface area contributed by atoms with Crippen molar-refractivity contribution in [3.05, 3.63) is 53.6 Å². The molecule has 0 aromatic heterocycles. The number of anilines is 1. The fourth-order valence-corrected chi connectivity index (χ4v) is 2.03. The monoisotopic (exact) mass is 316 g/mol. The molecule has 0 heterocycles. The molecule has 0 fully saturated rings. The molecule has 0 aliphatic heterocycles. The molecule has 0 bridgehead atoms. The Bertz CT molecular complexity index is 656. The van der Waals surface area contributed by atoms with E-state index in [9.17, 15) is 4.79 Å². The Labute approximate surface area is 135 Å². The van der Waals surface area contributed by atoms with E-state index >= 15 is 0 Å². The first-order chi connectivity index (χ1) is 11.2. The number of hydrogen-bond donors (Lipinski definition) is 3. The largest absolute Gasteiger partial charge is 0.493 e. The minimum atomic E-state index is -0.316. The van der Waals surface area contributed by atoms with Gasteiger partial charge in [0.05, 0.1) is 20.8 Å². The highest BCUT2D eigenvalue weighted by atomic mass is 16.5. The van der Waals surface area contributed by atoms with Gasteiger partial charge in [-0.1, -0.05) is 24.3 Å². The zero-order chi connectivity index (χ0) is 16.7. The number of aliphatic hydroxyl groups is 1. The van der Waals surface area contributed by atoms with Crippen LogP contribution in [0.25, 0.3) is 0 Å². The van der Waals surface area contributed by atoms with Crippen molar-refractivity contribution in [2.75, 3.05) is 19.5 Å². The Morgan fingerprint density at radius 1 is 1.00 bits per heavy atom. The van der Waals surface area contributed by atoms with Gasteiger partial charge in [0, 0.05) is 18.3 Å². The first-order valence-electron chi connectivity index (χ1n) is 7.12. The van der Waals surface area contributed by atoms with E-state index in [4.69, 9.17) is 14.6 Å². The van der Waals surface area contributed by atoms with Crippen molar-refractivity contribution in [2.45, 2.75) is 13.2 Å². The highest BCUT2D eigenvalue weighted by Gasteiger charge is 2.07. The lowest BCUT2D eigenvalue weighted by Crippen LogP contribution is -2.28. The van der Waals surface area contributed by atoms with Gasteiger partial charge >= 0.3 is 6.03 Å². The smallest absolute Gasteiger partial charge is 0.319 e. The molecule has 0 aliphatic rings. The molecule has 0 atom stereocenters. The molecule has 2 rings (SSSR count). The van der Waals surface area contributed by atoms with E-state index in [-0.39, 0.29) is 12.6 Å². The molecule has 2 amide bonds. The number of carbonyl (C=O) groups is 1. The lowest BCUT2D eigenvalue weighted by atomic mass is 10.1. The minimum absolute atomic E-state index is 0.00744. The number of ether oxygens (including phenoxy) is 2. The molecule has 3 N–H and O–H groups in total. The van der Waals surface area contributed by atoms with E-state index in [0.29, 0.717) is 23.7 Å². The maximum absolute atomic E-state index is 11.9. The van der Waals surface area contributed by atoms with E-state index in [1.807, 2.05) is 24.3 Å². The van der Waals surface area contributed by atoms with E-state index in [1.165, 1.54) is 7.11 Å². The summed E-state index contributed by atoms with van der Waals surface area (Å²) in [5.74, 6) is 1.15. The molecule has 6 nitrogen and oxygen atoms in total. The number of aliphatic hydroxyl groups excluding tert-OH is 1. The lowest BCUT2D eigenvalue weighted by molar-refractivity contribution is 0.251. The SMILES string of the molecule is COc1ccc(NC(=O)NCc2ccc(CO)cc2)cc1OC. The van der Waals surface area contributed by atoms with Gasteiger partial charge in [0.25, 0.3) is 0 Å². The quantitative estimate of drug-likeness (QED) is 0.765. The number of methoxy groups -OCH3 is 2. The van der Waals surface area contributed by atoms with Crippen molar-refractivity contribution in [3.63, 3.8) is 0 Å². The molecule has 6 heteroatoms. The number of nitrogens with one attached hydrogen (secondary N) is 2.